The standard InChI is InChI=1S/C22H21N7OS/c1-14-19(15(2)29-21(23-14)25-22(28-29)31-3)13-20(30)24-16-9-11-18(12-10-16)27-26-17-7-5-4-6-8-17/h4-12H,13H2,1-3H3,(H,24,30). The van der Waals surface area contributed by atoms with Gasteiger partial charge >= 0.3 is 0 Å². The lowest BCUT2D eigenvalue weighted by Gasteiger charge is -2.11. The Kier molecular flexibility index (Phi) is 6.03. The first-order valence-electron chi connectivity index (χ1n) is 9.67. The third-order valence-corrected chi connectivity index (χ3v) is 5.28. The number of carbonyl (C=O) groups excluding carboxylic acids is 1. The summed E-state index contributed by atoms with van der Waals surface area (Å²) < 4.78 is 1.69. The van der Waals surface area contributed by atoms with Crippen LogP contribution in [0.3, 0.4) is 0 Å². The van der Waals surface area contributed by atoms with Crippen LogP contribution in [0.15, 0.2) is 70.0 Å². The Labute approximate surface area is 183 Å². The number of hydrogen-bond donors (Lipinski definition) is 1. The zero-order valence-electron chi connectivity index (χ0n) is 17.4. The first kappa shape index (κ1) is 20.7. The molecule has 0 radical (unpaired) electrons. The summed E-state index contributed by atoms with van der Waals surface area (Å²) in [5.41, 5.74) is 4.67. The molecule has 1 N–H and O–H groups in total. The Bertz CT molecular complexity index is 1250. The second kappa shape index (κ2) is 9.05. The molecule has 2 heterocycles. The van der Waals surface area contributed by atoms with Crippen LogP contribution < -0.4 is 5.32 Å². The molecular formula is C22H21N7OS. The van der Waals surface area contributed by atoms with Gasteiger partial charge in [0, 0.05) is 22.6 Å². The van der Waals surface area contributed by atoms with Gasteiger partial charge in [0.2, 0.25) is 11.1 Å². The van der Waals surface area contributed by atoms with Crippen molar-refractivity contribution in [1.82, 2.24) is 19.6 Å². The second-order valence-corrected chi connectivity index (χ2v) is 7.65. The number of nitrogens with zero attached hydrogens (tertiary/aromatic N) is 6. The predicted molar refractivity (Wildman–Crippen MR) is 121 cm³/mol. The van der Waals surface area contributed by atoms with E-state index in [0.717, 1.165) is 22.6 Å². The predicted octanol–water partition coefficient (Wildman–Crippen LogP) is 5.06. The smallest absolute Gasteiger partial charge is 0.253 e. The van der Waals surface area contributed by atoms with Crippen molar-refractivity contribution in [2.75, 3.05) is 11.6 Å². The van der Waals surface area contributed by atoms with Crippen LogP contribution >= 0.6 is 11.8 Å². The highest BCUT2D eigenvalue weighted by molar-refractivity contribution is 7.98. The number of rotatable bonds is 6. The monoisotopic (exact) mass is 431 g/mol. The Morgan fingerprint density at radius 1 is 1.00 bits per heavy atom. The van der Waals surface area contributed by atoms with E-state index in [1.165, 1.54) is 11.8 Å². The lowest BCUT2D eigenvalue weighted by Crippen LogP contribution is -2.17. The van der Waals surface area contributed by atoms with E-state index < -0.39 is 0 Å². The molecule has 0 bridgehead atoms. The average Bonchev–Trinajstić information content (AvgIpc) is 3.20. The molecule has 0 unspecified atom stereocenters. The number of anilines is 1. The number of carbonyl (C=O) groups is 1. The molecule has 4 rings (SSSR count). The van der Waals surface area contributed by atoms with E-state index in [0.29, 0.717) is 22.3 Å². The van der Waals surface area contributed by atoms with Gasteiger partial charge in [-0.25, -0.2) is 9.50 Å². The largest absolute Gasteiger partial charge is 0.326 e. The maximum Gasteiger partial charge on any atom is 0.253 e. The normalized spacial score (nSPS) is 11.3. The summed E-state index contributed by atoms with van der Waals surface area (Å²) in [6.07, 6.45) is 2.12. The molecule has 9 heteroatoms. The number of aryl methyl sites for hydroxylation is 2. The van der Waals surface area contributed by atoms with Gasteiger partial charge in [0.1, 0.15) is 0 Å². The van der Waals surface area contributed by atoms with Gasteiger partial charge in [0.05, 0.1) is 17.8 Å². The zero-order valence-corrected chi connectivity index (χ0v) is 18.2. The first-order valence-corrected chi connectivity index (χ1v) is 10.9. The second-order valence-electron chi connectivity index (χ2n) is 6.88. The van der Waals surface area contributed by atoms with Gasteiger partial charge in [-0.15, -0.1) is 5.10 Å². The number of hydrogen-bond acceptors (Lipinski definition) is 7. The lowest BCUT2D eigenvalue weighted by atomic mass is 10.1. The fourth-order valence-electron chi connectivity index (χ4n) is 3.12. The number of aromatic nitrogens is 4. The van der Waals surface area contributed by atoms with Crippen molar-refractivity contribution in [2.24, 2.45) is 10.2 Å². The number of fused-ring (bicyclic) bond motifs is 1. The van der Waals surface area contributed by atoms with Gasteiger partial charge < -0.3 is 5.32 Å². The van der Waals surface area contributed by atoms with Gasteiger partial charge in [-0.2, -0.15) is 15.2 Å². The van der Waals surface area contributed by atoms with Crippen molar-refractivity contribution >= 4 is 40.5 Å². The van der Waals surface area contributed by atoms with Crippen LogP contribution in [0.25, 0.3) is 5.78 Å². The van der Waals surface area contributed by atoms with Crippen LogP contribution in [0.5, 0.6) is 0 Å². The summed E-state index contributed by atoms with van der Waals surface area (Å²) in [5, 5.41) is 16.4. The van der Waals surface area contributed by atoms with Crippen molar-refractivity contribution in [2.45, 2.75) is 25.4 Å². The molecule has 2 aromatic heterocycles. The zero-order chi connectivity index (χ0) is 21.8. The minimum Gasteiger partial charge on any atom is -0.326 e. The Morgan fingerprint density at radius 2 is 1.68 bits per heavy atom. The number of benzene rings is 2. The van der Waals surface area contributed by atoms with E-state index in [2.05, 4.69) is 30.6 Å². The SMILES string of the molecule is CSc1nc2nc(C)c(CC(=O)Nc3ccc(N=Nc4ccccc4)cc3)c(C)n2n1. The van der Waals surface area contributed by atoms with E-state index in [-0.39, 0.29) is 12.3 Å². The minimum atomic E-state index is -0.129. The molecule has 0 saturated carbocycles. The molecule has 31 heavy (non-hydrogen) atoms. The van der Waals surface area contributed by atoms with Crippen LogP contribution in [-0.2, 0) is 11.2 Å². The molecule has 0 fully saturated rings. The molecule has 0 atom stereocenters. The topological polar surface area (TPSA) is 96.9 Å². The highest BCUT2D eigenvalue weighted by atomic mass is 32.2. The molecule has 2 aromatic carbocycles. The average molecular weight is 432 g/mol. The summed E-state index contributed by atoms with van der Waals surface area (Å²) in [4.78, 5) is 21.5. The van der Waals surface area contributed by atoms with Crippen molar-refractivity contribution in [3.8, 4) is 0 Å². The van der Waals surface area contributed by atoms with Crippen LogP contribution in [-0.4, -0.2) is 31.7 Å². The molecular weight excluding hydrogens is 410 g/mol. The fourth-order valence-corrected chi connectivity index (χ4v) is 3.46. The third-order valence-electron chi connectivity index (χ3n) is 4.74. The summed E-state index contributed by atoms with van der Waals surface area (Å²) in [6.45, 7) is 3.81. The van der Waals surface area contributed by atoms with E-state index in [9.17, 15) is 4.79 Å². The summed E-state index contributed by atoms with van der Waals surface area (Å²) in [5.74, 6) is 0.417. The van der Waals surface area contributed by atoms with Crippen molar-refractivity contribution in [1.29, 1.82) is 0 Å². The van der Waals surface area contributed by atoms with Crippen LogP contribution in [0.1, 0.15) is 17.0 Å². The molecule has 4 aromatic rings. The Morgan fingerprint density at radius 3 is 2.35 bits per heavy atom. The van der Waals surface area contributed by atoms with E-state index in [1.807, 2.05) is 62.6 Å². The molecule has 0 aliphatic carbocycles. The highest BCUT2D eigenvalue weighted by Gasteiger charge is 2.16. The molecule has 8 nitrogen and oxygen atoms in total. The van der Waals surface area contributed by atoms with Crippen molar-refractivity contribution < 1.29 is 4.79 Å². The van der Waals surface area contributed by atoms with Gasteiger partial charge in [-0.1, -0.05) is 30.0 Å². The van der Waals surface area contributed by atoms with Gasteiger partial charge in [0.15, 0.2) is 0 Å². The fraction of sp³-hybridized carbons (Fsp3) is 0.182. The van der Waals surface area contributed by atoms with Crippen LogP contribution in [0.2, 0.25) is 0 Å². The molecule has 0 aliphatic heterocycles. The third kappa shape index (κ3) is 4.77. The highest BCUT2D eigenvalue weighted by Crippen LogP contribution is 2.21. The lowest BCUT2D eigenvalue weighted by molar-refractivity contribution is -0.115. The number of nitrogens with one attached hydrogen (secondary N) is 1. The quantitative estimate of drug-likeness (QED) is 0.340. The Hall–Kier alpha value is -3.59. The maximum atomic E-state index is 12.6. The molecule has 156 valence electrons. The van der Waals surface area contributed by atoms with Crippen molar-refractivity contribution in [3.05, 3.63) is 71.5 Å². The van der Waals surface area contributed by atoms with Crippen LogP contribution in [0, 0.1) is 13.8 Å². The van der Waals surface area contributed by atoms with Crippen LogP contribution in [0.4, 0.5) is 17.1 Å². The summed E-state index contributed by atoms with van der Waals surface area (Å²) >= 11 is 1.46. The minimum absolute atomic E-state index is 0.129. The summed E-state index contributed by atoms with van der Waals surface area (Å²) in [7, 11) is 0. The first-order chi connectivity index (χ1) is 15.0. The van der Waals surface area contributed by atoms with Gasteiger partial charge in [-0.05, 0) is 56.5 Å². The maximum absolute atomic E-state index is 12.6. The molecule has 0 saturated heterocycles. The van der Waals surface area contributed by atoms with E-state index in [1.54, 1.807) is 16.6 Å². The van der Waals surface area contributed by atoms with Gasteiger partial charge in [0.25, 0.3) is 5.78 Å². The number of thioether (sulfide) groups is 1. The number of azo groups is 1. The molecule has 1 amide bonds. The van der Waals surface area contributed by atoms with Gasteiger partial charge in [-0.3, -0.25) is 4.79 Å². The Balaban J connectivity index is 1.45. The molecule has 0 aliphatic rings. The number of amides is 1. The van der Waals surface area contributed by atoms with E-state index in [4.69, 9.17) is 0 Å². The van der Waals surface area contributed by atoms with E-state index >= 15 is 0 Å². The summed E-state index contributed by atoms with van der Waals surface area (Å²) in [6, 6.07) is 16.8. The van der Waals surface area contributed by atoms with Crippen molar-refractivity contribution in [3.63, 3.8) is 0 Å². The molecule has 0 spiro atoms.